The average Bonchev–Trinajstić information content (AvgIpc) is 2.36. The van der Waals surface area contributed by atoms with Gasteiger partial charge < -0.3 is 15.7 Å². The molecule has 1 aromatic carbocycles. The van der Waals surface area contributed by atoms with Gasteiger partial charge in [0.25, 0.3) is 0 Å². The van der Waals surface area contributed by atoms with Gasteiger partial charge in [0.1, 0.15) is 5.82 Å². The van der Waals surface area contributed by atoms with Crippen LogP contribution in [0.3, 0.4) is 0 Å². The fourth-order valence-electron chi connectivity index (χ4n) is 1.56. The highest BCUT2D eigenvalue weighted by molar-refractivity contribution is 5.75. The average molecular weight is 268 g/mol. The number of hydrogen-bond donors (Lipinski definition) is 3. The normalized spacial score (nSPS) is 11.7. The van der Waals surface area contributed by atoms with Crippen LogP contribution in [0.2, 0.25) is 0 Å². The van der Waals surface area contributed by atoms with Crippen LogP contribution in [0.25, 0.3) is 0 Å². The molecule has 19 heavy (non-hydrogen) atoms. The van der Waals surface area contributed by atoms with Crippen molar-refractivity contribution in [1.29, 1.82) is 0 Å². The molecule has 2 amide bonds. The second-order valence-corrected chi connectivity index (χ2v) is 4.12. The number of hydrogen-bond acceptors (Lipinski definition) is 2. The van der Waals surface area contributed by atoms with Crippen LogP contribution < -0.4 is 10.6 Å². The zero-order chi connectivity index (χ0) is 14.3. The SMILES string of the molecule is CCC(CC(=O)O)NC(=O)NCc1ccccc1F. The predicted molar refractivity (Wildman–Crippen MR) is 68.1 cm³/mol. The van der Waals surface area contributed by atoms with E-state index in [1.54, 1.807) is 25.1 Å². The van der Waals surface area contributed by atoms with Gasteiger partial charge in [-0.05, 0) is 12.5 Å². The fraction of sp³-hybridized carbons (Fsp3) is 0.385. The molecule has 0 heterocycles. The highest BCUT2D eigenvalue weighted by Gasteiger charge is 2.13. The largest absolute Gasteiger partial charge is 0.481 e. The molecular formula is C13H17FN2O3. The number of rotatable bonds is 6. The van der Waals surface area contributed by atoms with Crippen molar-refractivity contribution in [3.8, 4) is 0 Å². The van der Waals surface area contributed by atoms with Crippen molar-refractivity contribution in [2.45, 2.75) is 32.4 Å². The van der Waals surface area contributed by atoms with Crippen LogP contribution in [0.5, 0.6) is 0 Å². The topological polar surface area (TPSA) is 78.4 Å². The van der Waals surface area contributed by atoms with E-state index in [1.165, 1.54) is 6.07 Å². The minimum Gasteiger partial charge on any atom is -0.481 e. The quantitative estimate of drug-likeness (QED) is 0.737. The number of carboxylic acid groups (broad SMARTS) is 1. The third-order valence-electron chi connectivity index (χ3n) is 2.65. The van der Waals surface area contributed by atoms with Crippen molar-refractivity contribution in [3.63, 3.8) is 0 Å². The molecule has 0 bridgehead atoms. The molecule has 1 rings (SSSR count). The minimum absolute atomic E-state index is 0.0576. The Balaban J connectivity index is 2.43. The van der Waals surface area contributed by atoms with Crippen molar-refractivity contribution < 1.29 is 19.1 Å². The maximum atomic E-state index is 13.3. The second-order valence-electron chi connectivity index (χ2n) is 4.12. The lowest BCUT2D eigenvalue weighted by Crippen LogP contribution is -2.42. The standard InChI is InChI=1S/C13H17FN2O3/c1-2-10(7-12(17)18)16-13(19)15-8-9-5-3-4-6-11(9)14/h3-6,10H,2,7-8H2,1H3,(H,17,18)(H2,15,16,19). The number of amides is 2. The first-order valence-electron chi connectivity index (χ1n) is 6.02. The van der Waals surface area contributed by atoms with Gasteiger partial charge in [0, 0.05) is 18.2 Å². The Hall–Kier alpha value is -2.11. The summed E-state index contributed by atoms with van der Waals surface area (Å²) in [5.41, 5.74) is 0.379. The molecule has 0 spiro atoms. The number of nitrogens with one attached hydrogen (secondary N) is 2. The molecule has 3 N–H and O–H groups in total. The van der Waals surface area contributed by atoms with E-state index in [0.717, 1.165) is 0 Å². The zero-order valence-electron chi connectivity index (χ0n) is 10.6. The van der Waals surface area contributed by atoms with E-state index >= 15 is 0 Å². The summed E-state index contributed by atoms with van der Waals surface area (Å²) in [6.45, 7) is 1.84. The second kappa shape index (κ2) is 7.35. The lowest BCUT2D eigenvalue weighted by molar-refractivity contribution is -0.137. The molecule has 0 saturated heterocycles. The van der Waals surface area contributed by atoms with E-state index in [9.17, 15) is 14.0 Å². The molecule has 0 saturated carbocycles. The number of carbonyl (C=O) groups is 2. The van der Waals surface area contributed by atoms with E-state index in [-0.39, 0.29) is 18.8 Å². The molecular weight excluding hydrogens is 251 g/mol. The van der Waals surface area contributed by atoms with Gasteiger partial charge in [-0.1, -0.05) is 25.1 Å². The van der Waals surface area contributed by atoms with Crippen molar-refractivity contribution in [2.24, 2.45) is 0 Å². The van der Waals surface area contributed by atoms with Gasteiger partial charge in [-0.15, -0.1) is 0 Å². The van der Waals surface area contributed by atoms with Crippen molar-refractivity contribution in [1.82, 2.24) is 10.6 Å². The van der Waals surface area contributed by atoms with E-state index < -0.39 is 18.0 Å². The van der Waals surface area contributed by atoms with E-state index in [0.29, 0.717) is 12.0 Å². The first kappa shape index (κ1) is 14.9. The summed E-state index contributed by atoms with van der Waals surface area (Å²) in [4.78, 5) is 22.1. The predicted octanol–water partition coefficient (Wildman–Crippen LogP) is 1.88. The van der Waals surface area contributed by atoms with Crippen LogP contribution in [-0.4, -0.2) is 23.1 Å². The first-order valence-corrected chi connectivity index (χ1v) is 6.02. The van der Waals surface area contributed by atoms with Crippen molar-refractivity contribution >= 4 is 12.0 Å². The van der Waals surface area contributed by atoms with Gasteiger partial charge in [0.15, 0.2) is 0 Å². The number of carbonyl (C=O) groups excluding carboxylic acids is 1. The summed E-state index contributed by atoms with van der Waals surface area (Å²) < 4.78 is 13.3. The molecule has 0 aliphatic rings. The van der Waals surface area contributed by atoms with Gasteiger partial charge in [-0.25, -0.2) is 9.18 Å². The molecule has 1 unspecified atom stereocenters. The maximum Gasteiger partial charge on any atom is 0.315 e. The Kier molecular flexibility index (Phi) is 5.78. The van der Waals surface area contributed by atoms with E-state index in [1.807, 2.05) is 0 Å². The summed E-state index contributed by atoms with van der Waals surface area (Å²) in [6.07, 6.45) is 0.378. The van der Waals surface area contributed by atoms with Crippen LogP contribution in [0, 0.1) is 5.82 Å². The minimum atomic E-state index is -0.971. The highest BCUT2D eigenvalue weighted by atomic mass is 19.1. The maximum absolute atomic E-state index is 13.3. The number of halogens is 1. The van der Waals surface area contributed by atoms with Gasteiger partial charge in [-0.2, -0.15) is 0 Å². The van der Waals surface area contributed by atoms with Gasteiger partial charge in [0.2, 0.25) is 0 Å². The molecule has 6 heteroatoms. The molecule has 5 nitrogen and oxygen atoms in total. The van der Waals surface area contributed by atoms with Crippen LogP contribution >= 0.6 is 0 Å². The van der Waals surface area contributed by atoms with E-state index in [2.05, 4.69) is 10.6 Å². The fourth-order valence-corrected chi connectivity index (χ4v) is 1.56. The molecule has 104 valence electrons. The molecule has 0 fully saturated rings. The summed E-state index contributed by atoms with van der Waals surface area (Å²) in [5, 5.41) is 13.7. The molecule has 1 atom stereocenters. The highest BCUT2D eigenvalue weighted by Crippen LogP contribution is 2.05. The lowest BCUT2D eigenvalue weighted by Gasteiger charge is -2.15. The Labute approximate surface area is 110 Å². The van der Waals surface area contributed by atoms with Crippen molar-refractivity contribution in [2.75, 3.05) is 0 Å². The first-order chi connectivity index (χ1) is 9.02. The van der Waals surface area contributed by atoms with Crippen molar-refractivity contribution in [3.05, 3.63) is 35.6 Å². The number of aliphatic carboxylic acids is 1. The Morgan fingerprint density at radius 1 is 1.37 bits per heavy atom. The van der Waals surface area contributed by atoms with Crippen LogP contribution in [0.1, 0.15) is 25.3 Å². The number of carboxylic acids is 1. The Bertz CT molecular complexity index is 451. The van der Waals surface area contributed by atoms with Gasteiger partial charge in [-0.3, -0.25) is 4.79 Å². The van der Waals surface area contributed by atoms with Gasteiger partial charge >= 0.3 is 12.0 Å². The molecule has 0 aromatic heterocycles. The zero-order valence-corrected chi connectivity index (χ0v) is 10.6. The summed E-state index contributed by atoms with van der Waals surface area (Å²) in [5.74, 6) is -1.36. The Morgan fingerprint density at radius 3 is 2.63 bits per heavy atom. The molecule has 0 aliphatic heterocycles. The lowest BCUT2D eigenvalue weighted by atomic mass is 10.1. The van der Waals surface area contributed by atoms with Crippen LogP contribution in [0.4, 0.5) is 9.18 Å². The monoisotopic (exact) mass is 268 g/mol. The summed E-state index contributed by atoms with van der Waals surface area (Å²) >= 11 is 0. The van der Waals surface area contributed by atoms with Crippen LogP contribution in [-0.2, 0) is 11.3 Å². The molecule has 1 aromatic rings. The Morgan fingerprint density at radius 2 is 2.05 bits per heavy atom. The molecule has 0 radical (unpaired) electrons. The van der Waals surface area contributed by atoms with E-state index in [4.69, 9.17) is 5.11 Å². The summed E-state index contributed by atoms with van der Waals surface area (Å²) in [6, 6.07) is 5.20. The van der Waals surface area contributed by atoms with Gasteiger partial charge in [0.05, 0.1) is 6.42 Å². The molecule has 0 aliphatic carbocycles. The third kappa shape index (κ3) is 5.37. The number of benzene rings is 1. The number of urea groups is 1. The van der Waals surface area contributed by atoms with Crippen LogP contribution in [0.15, 0.2) is 24.3 Å². The third-order valence-corrected chi connectivity index (χ3v) is 2.65. The smallest absolute Gasteiger partial charge is 0.315 e. The summed E-state index contributed by atoms with van der Waals surface area (Å²) in [7, 11) is 0.